The van der Waals surface area contributed by atoms with Crippen LogP contribution in [0.3, 0.4) is 0 Å². The van der Waals surface area contributed by atoms with Gasteiger partial charge in [0.15, 0.2) is 0 Å². The van der Waals surface area contributed by atoms with E-state index in [-0.39, 0.29) is 12.1 Å². The van der Waals surface area contributed by atoms with Gasteiger partial charge in [0.1, 0.15) is 5.60 Å². The number of nitrogens with zero attached hydrogens (tertiary/aromatic N) is 4. The quantitative estimate of drug-likeness (QED) is 0.309. The van der Waals surface area contributed by atoms with E-state index in [1.54, 1.807) is 18.7 Å². The molecule has 0 N–H and O–H groups in total. The molecule has 0 saturated carbocycles. The molecule has 0 aromatic heterocycles. The van der Waals surface area contributed by atoms with E-state index in [0.717, 1.165) is 6.42 Å². The maximum absolute atomic E-state index is 11.9. The third-order valence-electron chi connectivity index (χ3n) is 3.29. The lowest BCUT2D eigenvalue weighted by Gasteiger charge is -2.27. The van der Waals surface area contributed by atoms with Crippen molar-refractivity contribution in [1.82, 2.24) is 4.90 Å². The van der Waals surface area contributed by atoms with Crippen LogP contribution in [0.15, 0.2) is 5.11 Å². The number of carbonyl (C=O) groups excluding carboxylic acids is 1. The Morgan fingerprint density at radius 2 is 1.55 bits per heavy atom. The highest BCUT2D eigenvalue weighted by Crippen LogP contribution is 2.25. The maximum atomic E-state index is 11.9. The summed E-state index contributed by atoms with van der Waals surface area (Å²) in [4.78, 5) is 16.4. The first kappa shape index (κ1) is 25.4. The van der Waals surface area contributed by atoms with Crippen molar-refractivity contribution < 1.29 is 9.53 Å². The largest absolute Gasteiger partial charge is 0.444 e. The molecule has 0 spiro atoms. The second kappa shape index (κ2) is 14.4. The van der Waals surface area contributed by atoms with Crippen molar-refractivity contribution in [2.24, 2.45) is 11.0 Å². The van der Waals surface area contributed by atoms with Crippen LogP contribution >= 0.6 is 0 Å². The Morgan fingerprint density at radius 1 is 1.07 bits per heavy atom. The van der Waals surface area contributed by atoms with Crippen LogP contribution in [0.1, 0.15) is 48.0 Å². The number of azide groups is 1. The molecule has 1 amide bonds. The summed E-state index contributed by atoms with van der Waals surface area (Å²) in [7, 11) is 0. The Bertz CT molecular complexity index is 871. The third-order valence-corrected chi connectivity index (χ3v) is 3.29. The molecule has 0 aromatic carbocycles. The highest BCUT2D eigenvalue weighted by molar-refractivity contribution is 5.69. The fraction of sp³-hybridized carbons (Fsp3) is 0.522. The van der Waals surface area contributed by atoms with Gasteiger partial charge in [0.25, 0.3) is 0 Å². The minimum Gasteiger partial charge on any atom is -0.444 e. The van der Waals surface area contributed by atoms with Crippen LogP contribution in [0.5, 0.6) is 0 Å². The van der Waals surface area contributed by atoms with Crippen molar-refractivity contribution in [2.45, 2.75) is 59.6 Å². The van der Waals surface area contributed by atoms with Gasteiger partial charge < -0.3 is 9.64 Å². The molecule has 1 fully saturated rings. The van der Waals surface area contributed by atoms with E-state index in [1.807, 2.05) is 20.8 Å². The number of hydrogen-bond donors (Lipinski definition) is 0. The van der Waals surface area contributed by atoms with Crippen LogP contribution in [-0.4, -0.2) is 35.7 Å². The topological polar surface area (TPSA) is 78.3 Å². The Hall–Kier alpha value is -3.62. The van der Waals surface area contributed by atoms with Crippen LogP contribution < -0.4 is 0 Å². The first-order valence-electron chi connectivity index (χ1n) is 9.09. The smallest absolute Gasteiger partial charge is 0.410 e. The van der Waals surface area contributed by atoms with Crippen molar-refractivity contribution in [3.8, 4) is 59.2 Å². The Labute approximate surface area is 174 Å². The highest BCUT2D eigenvalue weighted by atomic mass is 16.6. The van der Waals surface area contributed by atoms with E-state index in [2.05, 4.69) is 76.2 Å². The van der Waals surface area contributed by atoms with Gasteiger partial charge in [-0.2, -0.15) is 0 Å². The molecule has 2 atom stereocenters. The van der Waals surface area contributed by atoms with E-state index < -0.39 is 5.60 Å². The van der Waals surface area contributed by atoms with Crippen molar-refractivity contribution >= 4 is 6.09 Å². The van der Waals surface area contributed by atoms with E-state index in [4.69, 9.17) is 10.3 Å². The molecule has 0 aliphatic carbocycles. The monoisotopic (exact) mass is 390 g/mol. The van der Waals surface area contributed by atoms with E-state index >= 15 is 0 Å². The van der Waals surface area contributed by atoms with Crippen molar-refractivity contribution in [3.05, 3.63) is 10.4 Å². The zero-order valence-electron chi connectivity index (χ0n) is 17.9. The van der Waals surface area contributed by atoms with Crippen molar-refractivity contribution in [2.75, 3.05) is 13.1 Å². The van der Waals surface area contributed by atoms with Crippen LogP contribution in [0.2, 0.25) is 0 Å². The summed E-state index contributed by atoms with van der Waals surface area (Å²) in [6.45, 7) is 12.0. The second-order valence-electron chi connectivity index (χ2n) is 7.04. The Kier molecular flexibility index (Phi) is 12.6. The van der Waals surface area contributed by atoms with Crippen LogP contribution in [-0.2, 0) is 4.74 Å². The molecule has 6 nitrogen and oxygen atoms in total. The first-order valence-corrected chi connectivity index (χ1v) is 9.09. The molecule has 0 aromatic rings. The summed E-state index contributed by atoms with van der Waals surface area (Å²) >= 11 is 0. The molecule has 0 bridgehead atoms. The SMILES string of the molecule is CC#CC#CC#CC#CC#CC.C[C@H]1C[C@@H](CN=[N+]=[N-])N(C(=O)OC(C)(C)C)C1. The predicted molar refractivity (Wildman–Crippen MR) is 115 cm³/mol. The Morgan fingerprint density at radius 3 is 1.97 bits per heavy atom. The first-order chi connectivity index (χ1) is 13.7. The molecule has 1 heterocycles. The number of ether oxygens (including phenoxy) is 1. The number of amides is 1. The summed E-state index contributed by atoms with van der Waals surface area (Å²) in [6.07, 6.45) is 0.540. The summed E-state index contributed by atoms with van der Waals surface area (Å²) < 4.78 is 5.33. The van der Waals surface area contributed by atoms with Gasteiger partial charge in [0.05, 0.1) is 0 Å². The van der Waals surface area contributed by atoms with E-state index in [0.29, 0.717) is 19.0 Å². The zero-order chi connectivity index (χ0) is 22.1. The number of likely N-dealkylation sites (tertiary alicyclic amines) is 1. The summed E-state index contributed by atoms with van der Waals surface area (Å²) in [5, 5.41) is 3.55. The molecule has 1 rings (SSSR count). The standard InChI is InChI=1S/C12H6.C11H20N4O2/c1-3-5-7-9-11-12-10-8-6-4-2;1-8-5-9(6-13-14-12)15(7-8)10(16)17-11(2,3)4/h1-2H3;8-9H,5-7H2,1-4H3/t;8-,9-/m.0/s1. The van der Waals surface area contributed by atoms with Crippen LogP contribution in [0.4, 0.5) is 4.79 Å². The average molecular weight is 390 g/mol. The highest BCUT2D eigenvalue weighted by Gasteiger charge is 2.35. The van der Waals surface area contributed by atoms with Gasteiger partial charge >= 0.3 is 6.09 Å². The lowest BCUT2D eigenvalue weighted by atomic mass is 10.1. The molecule has 0 unspecified atom stereocenters. The van der Waals surface area contributed by atoms with Gasteiger partial charge in [-0.25, -0.2) is 4.79 Å². The summed E-state index contributed by atoms with van der Waals surface area (Å²) in [6, 6.07) is -0.0317. The molecular weight excluding hydrogens is 364 g/mol. The molecule has 1 saturated heterocycles. The van der Waals surface area contributed by atoms with Gasteiger partial charge in [-0.15, -0.1) is 0 Å². The normalized spacial score (nSPS) is 15.9. The van der Waals surface area contributed by atoms with Gasteiger partial charge in [-0.3, -0.25) is 0 Å². The molecule has 150 valence electrons. The van der Waals surface area contributed by atoms with Gasteiger partial charge in [0, 0.05) is 24.0 Å². The summed E-state index contributed by atoms with van der Waals surface area (Å²) in [5.41, 5.74) is 7.83. The molecule has 29 heavy (non-hydrogen) atoms. The lowest BCUT2D eigenvalue weighted by molar-refractivity contribution is 0.0228. The fourth-order valence-electron chi connectivity index (χ4n) is 2.31. The lowest BCUT2D eigenvalue weighted by Crippen LogP contribution is -2.41. The molecule has 6 heteroatoms. The Balaban J connectivity index is 0.000000578. The summed E-state index contributed by atoms with van der Waals surface area (Å²) in [5.74, 6) is 26.0. The van der Waals surface area contributed by atoms with Crippen molar-refractivity contribution in [1.29, 1.82) is 0 Å². The number of rotatable bonds is 2. The third kappa shape index (κ3) is 13.2. The molecule has 1 aliphatic rings. The van der Waals surface area contributed by atoms with Gasteiger partial charge in [0.2, 0.25) is 0 Å². The second-order valence-corrected chi connectivity index (χ2v) is 7.04. The van der Waals surface area contributed by atoms with E-state index in [1.165, 1.54) is 0 Å². The minimum absolute atomic E-state index is 0.0317. The van der Waals surface area contributed by atoms with Crippen LogP contribution in [0.25, 0.3) is 10.4 Å². The minimum atomic E-state index is -0.494. The van der Waals surface area contributed by atoms with Crippen molar-refractivity contribution in [3.63, 3.8) is 0 Å². The van der Waals surface area contributed by atoms with Gasteiger partial charge in [-0.05, 0) is 99.9 Å². The predicted octanol–water partition coefficient (Wildman–Crippen LogP) is 3.99. The number of hydrogen-bond acceptors (Lipinski definition) is 3. The molecule has 1 aliphatic heterocycles. The van der Waals surface area contributed by atoms with Crippen LogP contribution in [0, 0.1) is 65.1 Å². The molecule has 0 radical (unpaired) electrons. The number of carbonyl (C=O) groups is 1. The molecular formula is C23H26N4O2. The zero-order valence-corrected chi connectivity index (χ0v) is 17.9. The maximum Gasteiger partial charge on any atom is 0.410 e. The fourth-order valence-corrected chi connectivity index (χ4v) is 2.31. The average Bonchev–Trinajstić information content (AvgIpc) is 3.02. The van der Waals surface area contributed by atoms with Gasteiger partial charge in [-0.1, -0.05) is 23.9 Å². The van der Waals surface area contributed by atoms with E-state index in [9.17, 15) is 4.79 Å².